The van der Waals surface area contributed by atoms with Gasteiger partial charge in [-0.1, -0.05) is 36.4 Å². The number of carbonyl (C=O) groups is 2. The van der Waals surface area contributed by atoms with Crippen LogP contribution in [0.1, 0.15) is 20.7 Å². The van der Waals surface area contributed by atoms with E-state index >= 15 is 0 Å². The Balaban J connectivity index is 1.91. The molecule has 0 aromatic heterocycles. The zero-order valence-corrected chi connectivity index (χ0v) is 16.4. The first kappa shape index (κ1) is 17.3. The van der Waals surface area contributed by atoms with Crippen LogP contribution in [0.15, 0.2) is 82.6 Å². The second kappa shape index (κ2) is 6.36. The van der Waals surface area contributed by atoms with Crippen molar-refractivity contribution < 1.29 is 9.59 Å². The first-order valence-electron chi connectivity index (χ1n) is 8.82. The van der Waals surface area contributed by atoms with Crippen LogP contribution in [0.2, 0.25) is 0 Å². The summed E-state index contributed by atoms with van der Waals surface area (Å²) in [7, 11) is 0. The lowest BCUT2D eigenvalue weighted by Gasteiger charge is -2.14. The Hall–Kier alpha value is -2.82. The minimum atomic E-state index is -0.430. The van der Waals surface area contributed by atoms with Crippen LogP contribution in [0, 0.1) is 0 Å². The van der Waals surface area contributed by atoms with Gasteiger partial charge in [0, 0.05) is 26.3 Å². The van der Waals surface area contributed by atoms with E-state index in [9.17, 15) is 9.59 Å². The van der Waals surface area contributed by atoms with Gasteiger partial charge in [0.15, 0.2) is 0 Å². The zero-order valence-electron chi connectivity index (χ0n) is 14.6. The summed E-state index contributed by atoms with van der Waals surface area (Å²) in [5.74, 6) is -0.861. The molecular weight excluding hydrogens is 384 g/mol. The molecule has 1 aliphatic carbocycles. The fourth-order valence-electron chi connectivity index (χ4n) is 3.88. The summed E-state index contributed by atoms with van der Waals surface area (Å²) >= 11 is 8.75. The topological polar surface area (TPSA) is 34.1 Å². The van der Waals surface area contributed by atoms with Crippen LogP contribution in [-0.2, 0) is 0 Å². The summed E-state index contributed by atoms with van der Waals surface area (Å²) in [6.07, 6.45) is 0. The summed E-state index contributed by atoms with van der Waals surface area (Å²) in [6, 6.07) is 23.2. The van der Waals surface area contributed by atoms with E-state index in [4.69, 9.17) is 0 Å². The predicted molar refractivity (Wildman–Crippen MR) is 118 cm³/mol. The normalized spacial score (nSPS) is 12.8. The Kier molecular flexibility index (Phi) is 3.93. The molecule has 0 amide bonds. The fraction of sp³-hybridized carbons (Fsp3) is 0. The van der Waals surface area contributed by atoms with Crippen molar-refractivity contribution >= 4 is 47.6 Å². The van der Waals surface area contributed by atoms with Crippen LogP contribution in [0.3, 0.4) is 0 Å². The monoisotopic (exact) mass is 398 g/mol. The van der Waals surface area contributed by atoms with Gasteiger partial charge in [-0.05, 0) is 64.0 Å². The van der Waals surface area contributed by atoms with Crippen LogP contribution >= 0.6 is 25.3 Å². The summed E-state index contributed by atoms with van der Waals surface area (Å²) in [4.78, 5) is 26.7. The molecule has 2 nitrogen and oxygen atoms in total. The van der Waals surface area contributed by atoms with E-state index in [-0.39, 0.29) is 0 Å². The van der Waals surface area contributed by atoms with Crippen LogP contribution in [0.25, 0.3) is 33.0 Å². The van der Waals surface area contributed by atoms with Crippen LogP contribution in [0.5, 0.6) is 0 Å². The van der Waals surface area contributed by atoms with Crippen molar-refractivity contribution in [3.8, 4) is 22.3 Å². The van der Waals surface area contributed by atoms with Crippen molar-refractivity contribution in [2.75, 3.05) is 0 Å². The number of hydrogen-bond acceptors (Lipinski definition) is 4. The van der Waals surface area contributed by atoms with E-state index < -0.39 is 11.6 Å². The molecule has 0 heterocycles. The summed E-state index contributed by atoms with van der Waals surface area (Å²) in [5, 5.41) is 1.67. The maximum absolute atomic E-state index is 12.5. The minimum absolute atomic E-state index is 0.430. The quantitative estimate of drug-likeness (QED) is 0.315. The molecule has 28 heavy (non-hydrogen) atoms. The first-order chi connectivity index (χ1) is 13.5. The maximum Gasteiger partial charge on any atom is 0.234 e. The standard InChI is InChI=1S/C24H14O2S2/c25-23-19-11-9-17(13-1-5-15(27)6-2-13)21-18(14-3-7-16(28)8-4-14)10-12-20(22(19)21)24(23)26/h1-12,27-28H. The molecule has 0 saturated heterocycles. The molecule has 0 saturated carbocycles. The molecule has 4 aromatic rings. The molecule has 4 heteroatoms. The third kappa shape index (κ3) is 2.53. The van der Waals surface area contributed by atoms with Gasteiger partial charge in [-0.3, -0.25) is 9.59 Å². The number of rotatable bonds is 2. The van der Waals surface area contributed by atoms with Gasteiger partial charge in [0.25, 0.3) is 0 Å². The lowest BCUT2D eigenvalue weighted by Crippen LogP contribution is -2.05. The Morgan fingerprint density at radius 1 is 0.429 bits per heavy atom. The van der Waals surface area contributed by atoms with Crippen LogP contribution in [-0.4, -0.2) is 11.6 Å². The molecule has 0 spiro atoms. The predicted octanol–water partition coefficient (Wildman–Crippen LogP) is 6.13. The molecule has 0 bridgehead atoms. The fourth-order valence-corrected chi connectivity index (χ4v) is 4.18. The molecule has 4 aromatic carbocycles. The smallest absolute Gasteiger partial charge is 0.234 e. The highest BCUT2D eigenvalue weighted by Gasteiger charge is 2.32. The highest BCUT2D eigenvalue weighted by Crippen LogP contribution is 2.42. The van der Waals surface area contributed by atoms with E-state index in [1.54, 1.807) is 12.1 Å². The Morgan fingerprint density at radius 2 is 0.750 bits per heavy atom. The number of ketones is 2. The van der Waals surface area contributed by atoms with Crippen molar-refractivity contribution in [3.63, 3.8) is 0 Å². The van der Waals surface area contributed by atoms with Crippen molar-refractivity contribution in [2.24, 2.45) is 0 Å². The average molecular weight is 399 g/mol. The number of benzene rings is 4. The summed E-state index contributed by atoms with van der Waals surface area (Å²) in [6.45, 7) is 0. The minimum Gasteiger partial charge on any atom is -0.285 e. The van der Waals surface area contributed by atoms with Crippen molar-refractivity contribution in [2.45, 2.75) is 9.79 Å². The van der Waals surface area contributed by atoms with Crippen molar-refractivity contribution in [3.05, 3.63) is 83.9 Å². The summed E-state index contributed by atoms with van der Waals surface area (Å²) < 4.78 is 0. The molecule has 0 fully saturated rings. The number of carbonyl (C=O) groups excluding carboxylic acids is 2. The molecule has 1 aliphatic rings. The van der Waals surface area contributed by atoms with Gasteiger partial charge in [0.1, 0.15) is 0 Å². The molecule has 134 valence electrons. The van der Waals surface area contributed by atoms with Gasteiger partial charge in [0.2, 0.25) is 11.6 Å². The van der Waals surface area contributed by atoms with Crippen molar-refractivity contribution in [1.82, 2.24) is 0 Å². The second-order valence-corrected chi connectivity index (χ2v) is 7.86. The zero-order chi connectivity index (χ0) is 19.4. The third-order valence-corrected chi connectivity index (χ3v) is 5.81. The average Bonchev–Trinajstić information content (AvgIpc) is 2.96. The van der Waals surface area contributed by atoms with E-state index in [0.29, 0.717) is 11.1 Å². The second-order valence-electron chi connectivity index (χ2n) is 6.82. The molecule has 0 atom stereocenters. The molecular formula is C24H14O2S2. The van der Waals surface area contributed by atoms with Crippen molar-refractivity contribution in [1.29, 1.82) is 0 Å². The van der Waals surface area contributed by atoms with E-state index in [2.05, 4.69) is 25.3 Å². The van der Waals surface area contributed by atoms with Gasteiger partial charge in [-0.15, -0.1) is 25.3 Å². The Labute approximate surface area is 173 Å². The third-order valence-electron chi connectivity index (χ3n) is 5.21. The Bertz CT molecular complexity index is 1190. The lowest BCUT2D eigenvalue weighted by atomic mass is 9.89. The molecule has 0 radical (unpaired) electrons. The highest BCUT2D eigenvalue weighted by molar-refractivity contribution is 7.80. The van der Waals surface area contributed by atoms with Gasteiger partial charge < -0.3 is 0 Å². The van der Waals surface area contributed by atoms with E-state index in [0.717, 1.165) is 42.8 Å². The number of hydrogen-bond donors (Lipinski definition) is 2. The van der Waals surface area contributed by atoms with Crippen LogP contribution < -0.4 is 0 Å². The van der Waals surface area contributed by atoms with Gasteiger partial charge in [-0.25, -0.2) is 0 Å². The first-order valence-corrected chi connectivity index (χ1v) is 9.71. The lowest BCUT2D eigenvalue weighted by molar-refractivity contribution is 0.0825. The number of thiol groups is 2. The largest absolute Gasteiger partial charge is 0.285 e. The maximum atomic E-state index is 12.5. The Morgan fingerprint density at radius 3 is 1.14 bits per heavy atom. The van der Waals surface area contributed by atoms with Gasteiger partial charge in [0.05, 0.1) is 0 Å². The summed E-state index contributed by atoms with van der Waals surface area (Å²) in [5.41, 5.74) is 4.97. The number of Topliss-reactive ketones (excluding diaryl/α,β-unsaturated/α-hetero) is 2. The molecule has 0 unspecified atom stereocenters. The SMILES string of the molecule is O=C1C(=O)c2ccc(-c3ccc(S)cc3)c3c(-c4ccc(S)cc4)ccc1c23. The molecule has 5 rings (SSSR count). The van der Waals surface area contributed by atoms with Crippen LogP contribution in [0.4, 0.5) is 0 Å². The molecule has 0 N–H and O–H groups in total. The van der Waals surface area contributed by atoms with E-state index in [1.807, 2.05) is 60.7 Å². The van der Waals surface area contributed by atoms with Gasteiger partial charge >= 0.3 is 0 Å². The highest BCUT2D eigenvalue weighted by atomic mass is 32.1. The van der Waals surface area contributed by atoms with Gasteiger partial charge in [-0.2, -0.15) is 0 Å². The molecule has 0 aliphatic heterocycles. The van der Waals surface area contributed by atoms with E-state index in [1.165, 1.54) is 0 Å².